The van der Waals surface area contributed by atoms with E-state index in [2.05, 4.69) is 4.98 Å². The van der Waals surface area contributed by atoms with Crippen LogP contribution in [0.25, 0.3) is 10.2 Å². The Morgan fingerprint density at radius 2 is 1.86 bits per heavy atom. The number of nitrogens with zero attached hydrogens (tertiary/aromatic N) is 1. The van der Waals surface area contributed by atoms with Gasteiger partial charge in [0.25, 0.3) is 5.19 Å². The number of alkyl halides is 3. The first-order valence-corrected chi connectivity index (χ1v) is 6.75. The summed E-state index contributed by atoms with van der Waals surface area (Å²) in [5.74, 6) is 0.155. The number of hydrogen-bond acceptors (Lipinski definition) is 4. The van der Waals surface area contributed by atoms with Crippen LogP contribution in [-0.2, 0) is 6.18 Å². The second kappa shape index (κ2) is 4.92. The molecule has 0 saturated carbocycles. The highest BCUT2D eigenvalue weighted by molar-refractivity contribution is 7.20. The summed E-state index contributed by atoms with van der Waals surface area (Å²) < 4.78 is 44.1. The van der Waals surface area contributed by atoms with Crippen LogP contribution in [0.2, 0.25) is 0 Å². The summed E-state index contributed by atoms with van der Waals surface area (Å²) in [5.41, 5.74) is 5.49. The van der Waals surface area contributed by atoms with Crippen LogP contribution in [0.1, 0.15) is 5.56 Å². The summed E-state index contributed by atoms with van der Waals surface area (Å²) in [5, 5.41) is 0.336. The number of ether oxygens (including phenoxy) is 1. The molecule has 0 spiro atoms. The van der Waals surface area contributed by atoms with E-state index >= 15 is 0 Å². The molecule has 3 rings (SSSR count). The third-order valence-electron chi connectivity index (χ3n) is 2.81. The SMILES string of the molecule is Nc1cc(C(F)(F)F)ccc1Oc1nc2ccccc2s1. The highest BCUT2D eigenvalue weighted by atomic mass is 32.1. The number of hydrogen-bond donors (Lipinski definition) is 1. The average Bonchev–Trinajstić information content (AvgIpc) is 2.82. The predicted octanol–water partition coefficient (Wildman–Crippen LogP) is 4.69. The van der Waals surface area contributed by atoms with E-state index in [4.69, 9.17) is 10.5 Å². The summed E-state index contributed by atoms with van der Waals surface area (Å²) in [6, 6.07) is 10.4. The maximum Gasteiger partial charge on any atom is 0.416 e. The number of halogens is 3. The van der Waals surface area contributed by atoms with Crippen molar-refractivity contribution >= 4 is 27.2 Å². The van der Waals surface area contributed by atoms with Gasteiger partial charge in [-0.05, 0) is 30.3 Å². The molecule has 0 aliphatic heterocycles. The topological polar surface area (TPSA) is 48.1 Å². The molecule has 0 aliphatic carbocycles. The third-order valence-corrected chi connectivity index (χ3v) is 3.72. The Bertz CT molecular complexity index is 765. The summed E-state index contributed by atoms with van der Waals surface area (Å²) in [6.07, 6.45) is -4.43. The molecular weight excluding hydrogens is 301 g/mol. The van der Waals surface area contributed by atoms with Crippen molar-refractivity contribution in [1.82, 2.24) is 4.98 Å². The Hall–Kier alpha value is -2.28. The van der Waals surface area contributed by atoms with Gasteiger partial charge in [0.15, 0.2) is 5.75 Å². The van der Waals surface area contributed by atoms with Crippen LogP contribution < -0.4 is 10.5 Å². The molecule has 1 heterocycles. The highest BCUT2D eigenvalue weighted by Gasteiger charge is 2.31. The number of para-hydroxylation sites is 1. The van der Waals surface area contributed by atoms with Crippen molar-refractivity contribution in [2.45, 2.75) is 6.18 Å². The Morgan fingerprint density at radius 3 is 2.52 bits per heavy atom. The number of benzene rings is 2. The van der Waals surface area contributed by atoms with Crippen molar-refractivity contribution in [3.63, 3.8) is 0 Å². The van der Waals surface area contributed by atoms with E-state index in [1.807, 2.05) is 24.3 Å². The molecule has 0 unspecified atom stereocenters. The molecule has 7 heteroatoms. The van der Waals surface area contributed by atoms with Crippen molar-refractivity contribution in [2.24, 2.45) is 0 Å². The molecule has 108 valence electrons. The summed E-state index contributed by atoms with van der Waals surface area (Å²) in [7, 11) is 0. The second-order valence-corrected chi connectivity index (χ2v) is 5.29. The minimum atomic E-state index is -4.43. The molecule has 0 bridgehead atoms. The van der Waals surface area contributed by atoms with Crippen molar-refractivity contribution in [2.75, 3.05) is 5.73 Å². The van der Waals surface area contributed by atoms with Crippen molar-refractivity contribution in [3.05, 3.63) is 48.0 Å². The lowest BCUT2D eigenvalue weighted by Crippen LogP contribution is -2.05. The van der Waals surface area contributed by atoms with E-state index in [1.165, 1.54) is 17.4 Å². The Labute approximate surface area is 121 Å². The van der Waals surface area contributed by atoms with Crippen LogP contribution in [0.5, 0.6) is 10.9 Å². The van der Waals surface area contributed by atoms with Crippen LogP contribution in [0, 0.1) is 0 Å². The monoisotopic (exact) mass is 310 g/mol. The Morgan fingerprint density at radius 1 is 1.10 bits per heavy atom. The van der Waals surface area contributed by atoms with Crippen LogP contribution in [-0.4, -0.2) is 4.98 Å². The highest BCUT2D eigenvalue weighted by Crippen LogP contribution is 2.37. The molecule has 0 fully saturated rings. The maximum absolute atomic E-state index is 12.6. The molecule has 0 amide bonds. The smallest absolute Gasteiger partial charge is 0.416 e. The molecule has 1 aromatic heterocycles. The lowest BCUT2D eigenvalue weighted by atomic mass is 10.2. The quantitative estimate of drug-likeness (QED) is 0.699. The van der Waals surface area contributed by atoms with Gasteiger partial charge in [0.05, 0.1) is 21.5 Å². The van der Waals surface area contributed by atoms with Gasteiger partial charge in [-0.2, -0.15) is 13.2 Å². The van der Waals surface area contributed by atoms with Gasteiger partial charge in [0.2, 0.25) is 0 Å². The number of nitrogens with two attached hydrogens (primary N) is 1. The van der Waals surface area contributed by atoms with Crippen LogP contribution in [0.15, 0.2) is 42.5 Å². The Balaban J connectivity index is 1.91. The average molecular weight is 310 g/mol. The normalized spacial score (nSPS) is 11.8. The van der Waals surface area contributed by atoms with Gasteiger partial charge in [-0.15, -0.1) is 0 Å². The minimum absolute atomic E-state index is 0.0796. The number of nitrogen functional groups attached to an aromatic ring is 1. The van der Waals surface area contributed by atoms with Crippen molar-refractivity contribution < 1.29 is 17.9 Å². The fourth-order valence-corrected chi connectivity index (χ4v) is 2.63. The van der Waals surface area contributed by atoms with E-state index in [0.29, 0.717) is 5.19 Å². The molecule has 0 atom stereocenters. The van der Waals surface area contributed by atoms with Crippen LogP contribution >= 0.6 is 11.3 Å². The lowest BCUT2D eigenvalue weighted by molar-refractivity contribution is -0.137. The maximum atomic E-state index is 12.6. The van der Waals surface area contributed by atoms with E-state index < -0.39 is 11.7 Å². The number of thiazole rings is 1. The van der Waals surface area contributed by atoms with Crippen molar-refractivity contribution in [3.8, 4) is 10.9 Å². The van der Waals surface area contributed by atoms with E-state index in [9.17, 15) is 13.2 Å². The first-order valence-electron chi connectivity index (χ1n) is 5.93. The van der Waals surface area contributed by atoms with Gasteiger partial charge in [0.1, 0.15) is 0 Å². The van der Waals surface area contributed by atoms with Gasteiger partial charge in [0, 0.05) is 0 Å². The fourth-order valence-electron chi connectivity index (χ4n) is 1.81. The first kappa shape index (κ1) is 13.7. The Kier molecular flexibility index (Phi) is 3.21. The van der Waals surface area contributed by atoms with E-state index in [1.54, 1.807) is 0 Å². The van der Waals surface area contributed by atoms with Gasteiger partial charge in [-0.3, -0.25) is 0 Å². The minimum Gasteiger partial charge on any atom is -0.429 e. The molecule has 0 radical (unpaired) electrons. The first-order chi connectivity index (χ1) is 9.93. The van der Waals surface area contributed by atoms with Crippen LogP contribution in [0.4, 0.5) is 18.9 Å². The lowest BCUT2D eigenvalue weighted by Gasteiger charge is -2.10. The molecule has 3 aromatic rings. The molecule has 21 heavy (non-hydrogen) atoms. The van der Waals surface area contributed by atoms with Crippen molar-refractivity contribution in [1.29, 1.82) is 0 Å². The molecule has 2 N–H and O–H groups in total. The predicted molar refractivity (Wildman–Crippen MR) is 75.6 cm³/mol. The number of rotatable bonds is 2. The van der Waals surface area contributed by atoms with E-state index in [-0.39, 0.29) is 11.4 Å². The third kappa shape index (κ3) is 2.78. The fraction of sp³-hybridized carbons (Fsp3) is 0.0714. The van der Waals surface area contributed by atoms with E-state index in [0.717, 1.165) is 22.3 Å². The summed E-state index contributed by atoms with van der Waals surface area (Å²) in [4.78, 5) is 4.24. The van der Waals surface area contributed by atoms with Gasteiger partial charge < -0.3 is 10.5 Å². The molecule has 2 aromatic carbocycles. The standard InChI is InChI=1S/C14H9F3N2OS/c15-14(16,17)8-5-6-11(9(18)7-8)20-13-19-10-3-1-2-4-12(10)21-13/h1-7H,18H2. The molecule has 3 nitrogen and oxygen atoms in total. The summed E-state index contributed by atoms with van der Waals surface area (Å²) in [6.45, 7) is 0. The number of fused-ring (bicyclic) bond motifs is 1. The number of aromatic nitrogens is 1. The largest absolute Gasteiger partial charge is 0.429 e. The zero-order valence-electron chi connectivity index (χ0n) is 10.5. The van der Waals surface area contributed by atoms with Crippen LogP contribution in [0.3, 0.4) is 0 Å². The molecule has 0 saturated heterocycles. The summed E-state index contributed by atoms with van der Waals surface area (Å²) >= 11 is 1.30. The van der Waals surface area contributed by atoms with Gasteiger partial charge in [-0.1, -0.05) is 23.5 Å². The number of anilines is 1. The zero-order chi connectivity index (χ0) is 15.0. The molecular formula is C14H9F3N2OS. The van der Waals surface area contributed by atoms with Gasteiger partial charge in [-0.25, -0.2) is 4.98 Å². The molecule has 0 aliphatic rings. The zero-order valence-corrected chi connectivity index (χ0v) is 11.3. The van der Waals surface area contributed by atoms with Gasteiger partial charge >= 0.3 is 6.18 Å². The second-order valence-electron chi connectivity index (χ2n) is 4.30.